The minimum absolute atomic E-state index is 0.0843. The van der Waals surface area contributed by atoms with Gasteiger partial charge in [0, 0.05) is 12.0 Å². The van der Waals surface area contributed by atoms with Crippen LogP contribution in [-0.4, -0.2) is 35.0 Å². The van der Waals surface area contributed by atoms with Crippen LogP contribution in [-0.2, 0) is 9.53 Å². The quantitative estimate of drug-likeness (QED) is 0.689. The van der Waals surface area contributed by atoms with Crippen LogP contribution >= 0.6 is 11.6 Å². The molecule has 0 heterocycles. The molecule has 2 N–H and O–H groups in total. The number of ether oxygens (including phenoxy) is 1. The van der Waals surface area contributed by atoms with Gasteiger partial charge in [0.05, 0.1) is 18.2 Å². The first-order chi connectivity index (χ1) is 6.97. The molecular formula is C10H13ClO4. The summed E-state index contributed by atoms with van der Waals surface area (Å²) in [6.07, 6.45) is 1.93. The zero-order chi connectivity index (χ0) is 11.6. The number of halogens is 1. The van der Waals surface area contributed by atoms with Crippen molar-refractivity contribution in [3.63, 3.8) is 0 Å². The third-order valence-corrected chi connectivity index (χ3v) is 2.80. The minimum atomic E-state index is -1.84. The van der Waals surface area contributed by atoms with E-state index in [1.807, 2.05) is 0 Å². The lowest BCUT2D eigenvalue weighted by molar-refractivity contribution is -0.158. The highest BCUT2D eigenvalue weighted by atomic mass is 35.5. The average molecular weight is 233 g/mol. The van der Waals surface area contributed by atoms with E-state index in [0.29, 0.717) is 0 Å². The largest absolute Gasteiger partial charge is 0.467 e. The van der Waals surface area contributed by atoms with Crippen LogP contribution in [0.4, 0.5) is 0 Å². The minimum Gasteiger partial charge on any atom is -0.467 e. The number of carbonyl (C=O) groups excluding carboxylic acids is 1. The molecule has 1 rings (SSSR count). The molecule has 84 valence electrons. The van der Waals surface area contributed by atoms with Gasteiger partial charge in [0.2, 0.25) is 0 Å². The highest BCUT2D eigenvalue weighted by molar-refractivity contribution is 6.31. The fourth-order valence-corrected chi connectivity index (χ4v) is 1.90. The number of aliphatic hydroxyl groups is 2. The van der Waals surface area contributed by atoms with Crippen LogP contribution in [0.5, 0.6) is 0 Å². The monoisotopic (exact) mass is 232 g/mol. The van der Waals surface area contributed by atoms with Crippen LogP contribution in [0.25, 0.3) is 0 Å². The van der Waals surface area contributed by atoms with Gasteiger partial charge in [-0.05, 0) is 6.92 Å². The van der Waals surface area contributed by atoms with Crippen molar-refractivity contribution in [1.29, 1.82) is 0 Å². The highest BCUT2D eigenvalue weighted by Crippen LogP contribution is 2.39. The fraction of sp³-hybridized carbons (Fsp3) is 0.500. The van der Waals surface area contributed by atoms with Crippen molar-refractivity contribution >= 4 is 17.6 Å². The number of methoxy groups -OCH3 is 1. The molecule has 0 amide bonds. The predicted molar refractivity (Wildman–Crippen MR) is 55.3 cm³/mol. The molecule has 0 unspecified atom stereocenters. The van der Waals surface area contributed by atoms with Crippen LogP contribution in [0, 0.1) is 0 Å². The molecular weight excluding hydrogens is 220 g/mol. The maximum absolute atomic E-state index is 11.4. The number of carbonyl (C=O) groups is 1. The van der Waals surface area contributed by atoms with Crippen molar-refractivity contribution < 1.29 is 19.7 Å². The maximum Gasteiger partial charge on any atom is 0.342 e. The summed E-state index contributed by atoms with van der Waals surface area (Å²) in [5.41, 5.74) is -1.64. The van der Waals surface area contributed by atoms with Gasteiger partial charge in [0.25, 0.3) is 0 Å². The molecule has 0 spiro atoms. The zero-order valence-corrected chi connectivity index (χ0v) is 9.28. The Labute approximate surface area is 92.8 Å². The number of aliphatic hydroxyl groups excluding tert-OH is 1. The summed E-state index contributed by atoms with van der Waals surface area (Å²) in [6.45, 7) is 1.72. The van der Waals surface area contributed by atoms with E-state index in [1.165, 1.54) is 13.2 Å². The standard InChI is InChI=1S/C10H13ClO4/c1-3-4-6-8(11)7(12)5-10(6,14)9(13)15-2/h3-4,7,12,14H,5H2,1-2H3/t7-,10+/m1/s1. The van der Waals surface area contributed by atoms with Crippen molar-refractivity contribution in [2.75, 3.05) is 7.11 Å². The van der Waals surface area contributed by atoms with Crippen molar-refractivity contribution in [3.8, 4) is 0 Å². The van der Waals surface area contributed by atoms with Crippen LogP contribution < -0.4 is 0 Å². The molecule has 1 aliphatic carbocycles. The lowest BCUT2D eigenvalue weighted by atomic mass is 9.95. The Kier molecular flexibility index (Phi) is 3.54. The van der Waals surface area contributed by atoms with E-state index in [-0.39, 0.29) is 17.0 Å². The first-order valence-electron chi connectivity index (χ1n) is 4.49. The number of hydrogen-bond donors (Lipinski definition) is 2. The second-order valence-electron chi connectivity index (χ2n) is 3.33. The van der Waals surface area contributed by atoms with Crippen LogP contribution in [0.1, 0.15) is 13.3 Å². The Morgan fingerprint density at radius 1 is 1.73 bits per heavy atom. The third-order valence-electron chi connectivity index (χ3n) is 2.34. The lowest BCUT2D eigenvalue weighted by Crippen LogP contribution is -2.40. The molecule has 5 heteroatoms. The molecule has 0 radical (unpaired) electrons. The molecule has 0 aromatic carbocycles. The SMILES string of the molecule is CC=CC1=C(Cl)[C@H](O)C[C@@]1(O)C(=O)OC. The van der Waals surface area contributed by atoms with Crippen molar-refractivity contribution in [1.82, 2.24) is 0 Å². The van der Waals surface area contributed by atoms with Crippen LogP contribution in [0.15, 0.2) is 22.8 Å². The molecule has 0 saturated heterocycles. The van der Waals surface area contributed by atoms with Crippen molar-refractivity contribution in [2.45, 2.75) is 25.0 Å². The molecule has 0 saturated carbocycles. The predicted octanol–water partition coefficient (Wildman–Crippen LogP) is 0.724. The number of hydrogen-bond acceptors (Lipinski definition) is 4. The van der Waals surface area contributed by atoms with Crippen LogP contribution in [0.3, 0.4) is 0 Å². The van der Waals surface area contributed by atoms with Gasteiger partial charge >= 0.3 is 5.97 Å². The van der Waals surface area contributed by atoms with E-state index >= 15 is 0 Å². The zero-order valence-electron chi connectivity index (χ0n) is 8.53. The summed E-state index contributed by atoms with van der Waals surface area (Å²) in [5.74, 6) is -0.815. The van der Waals surface area contributed by atoms with Gasteiger partial charge in [-0.25, -0.2) is 4.79 Å². The third kappa shape index (κ3) is 1.93. The molecule has 2 atom stereocenters. The van der Waals surface area contributed by atoms with Gasteiger partial charge in [-0.1, -0.05) is 23.8 Å². The van der Waals surface area contributed by atoms with Gasteiger partial charge in [0.15, 0.2) is 5.60 Å². The molecule has 0 aromatic heterocycles. The Morgan fingerprint density at radius 2 is 2.33 bits per heavy atom. The second kappa shape index (κ2) is 4.35. The molecule has 0 aliphatic heterocycles. The summed E-state index contributed by atoms with van der Waals surface area (Å²) >= 11 is 5.80. The normalized spacial score (nSPS) is 31.4. The summed E-state index contributed by atoms with van der Waals surface area (Å²) in [6, 6.07) is 0. The van der Waals surface area contributed by atoms with Crippen molar-refractivity contribution in [3.05, 3.63) is 22.8 Å². The number of esters is 1. The number of allylic oxidation sites excluding steroid dienone is 1. The first-order valence-corrected chi connectivity index (χ1v) is 4.87. The van der Waals surface area contributed by atoms with E-state index in [9.17, 15) is 15.0 Å². The smallest absolute Gasteiger partial charge is 0.342 e. The Morgan fingerprint density at radius 3 is 2.80 bits per heavy atom. The average Bonchev–Trinajstić information content (AvgIpc) is 2.42. The number of rotatable bonds is 2. The fourth-order valence-electron chi connectivity index (χ4n) is 1.60. The van der Waals surface area contributed by atoms with Crippen LogP contribution in [0.2, 0.25) is 0 Å². The molecule has 15 heavy (non-hydrogen) atoms. The summed E-state index contributed by atoms with van der Waals surface area (Å²) in [5, 5.41) is 19.6. The Balaban J connectivity index is 3.17. The lowest BCUT2D eigenvalue weighted by Gasteiger charge is -2.21. The Hall–Kier alpha value is -0.840. The van der Waals surface area contributed by atoms with E-state index in [1.54, 1.807) is 13.0 Å². The molecule has 0 bridgehead atoms. The highest BCUT2D eigenvalue weighted by Gasteiger charge is 2.49. The molecule has 0 fully saturated rings. The summed E-state index contributed by atoms with van der Waals surface area (Å²) in [7, 11) is 1.17. The summed E-state index contributed by atoms with van der Waals surface area (Å²) in [4.78, 5) is 11.4. The molecule has 4 nitrogen and oxygen atoms in total. The topological polar surface area (TPSA) is 66.8 Å². The van der Waals surface area contributed by atoms with Gasteiger partial charge < -0.3 is 14.9 Å². The van der Waals surface area contributed by atoms with E-state index in [0.717, 1.165) is 0 Å². The second-order valence-corrected chi connectivity index (χ2v) is 3.74. The van der Waals surface area contributed by atoms with Gasteiger partial charge in [-0.2, -0.15) is 0 Å². The summed E-state index contributed by atoms with van der Waals surface area (Å²) < 4.78 is 4.48. The Bertz CT molecular complexity index is 334. The van der Waals surface area contributed by atoms with E-state index in [2.05, 4.69) is 4.74 Å². The van der Waals surface area contributed by atoms with Gasteiger partial charge in [-0.3, -0.25) is 0 Å². The van der Waals surface area contributed by atoms with E-state index in [4.69, 9.17) is 11.6 Å². The maximum atomic E-state index is 11.4. The van der Waals surface area contributed by atoms with Gasteiger partial charge in [-0.15, -0.1) is 0 Å². The molecule has 1 aliphatic rings. The van der Waals surface area contributed by atoms with Gasteiger partial charge in [0.1, 0.15) is 0 Å². The molecule has 0 aromatic rings. The first kappa shape index (κ1) is 12.2. The van der Waals surface area contributed by atoms with E-state index < -0.39 is 17.7 Å². The van der Waals surface area contributed by atoms with Crippen molar-refractivity contribution in [2.24, 2.45) is 0 Å².